The quantitative estimate of drug-likeness (QED) is 0.540. The maximum atomic E-state index is 12.2. The van der Waals surface area contributed by atoms with Gasteiger partial charge in [0.15, 0.2) is 11.0 Å². The minimum atomic E-state index is -0.126. The Kier molecular flexibility index (Phi) is 7.00. The number of methoxy groups -OCH3 is 1. The van der Waals surface area contributed by atoms with Crippen LogP contribution in [0.3, 0.4) is 0 Å². The third kappa shape index (κ3) is 5.65. The number of benzene rings is 2. The van der Waals surface area contributed by atoms with Crippen LogP contribution in [0.5, 0.6) is 11.5 Å². The van der Waals surface area contributed by atoms with Crippen molar-refractivity contribution in [2.75, 3.05) is 18.2 Å². The number of nitrogens with one attached hydrogen (secondary N) is 1. The zero-order valence-electron chi connectivity index (χ0n) is 16.3. The van der Waals surface area contributed by atoms with Crippen LogP contribution in [0.2, 0.25) is 5.02 Å². The molecule has 29 heavy (non-hydrogen) atoms. The molecule has 7 nitrogen and oxygen atoms in total. The first kappa shape index (κ1) is 21.0. The lowest BCUT2D eigenvalue weighted by Gasteiger charge is -2.09. The van der Waals surface area contributed by atoms with Crippen molar-refractivity contribution in [2.45, 2.75) is 18.7 Å². The number of hydrogen-bond donors (Lipinski definition) is 1. The first-order valence-corrected chi connectivity index (χ1v) is 10.2. The minimum Gasteiger partial charge on any atom is -0.497 e. The molecular weight excluding hydrogens is 412 g/mol. The topological polar surface area (TPSA) is 78.3 Å². The zero-order valence-corrected chi connectivity index (χ0v) is 17.9. The molecule has 0 saturated carbocycles. The van der Waals surface area contributed by atoms with Crippen molar-refractivity contribution in [1.29, 1.82) is 0 Å². The molecule has 1 aromatic heterocycles. The van der Waals surface area contributed by atoms with Gasteiger partial charge >= 0.3 is 0 Å². The predicted octanol–water partition coefficient (Wildman–Crippen LogP) is 4.10. The second-order valence-corrected chi connectivity index (χ2v) is 7.60. The number of rotatable bonds is 8. The predicted molar refractivity (Wildman–Crippen MR) is 114 cm³/mol. The van der Waals surface area contributed by atoms with Gasteiger partial charge in [-0.05, 0) is 55.0 Å². The van der Waals surface area contributed by atoms with Crippen molar-refractivity contribution in [3.8, 4) is 11.5 Å². The fourth-order valence-electron chi connectivity index (χ4n) is 2.50. The molecule has 152 valence electrons. The molecule has 0 aliphatic heterocycles. The van der Waals surface area contributed by atoms with Crippen molar-refractivity contribution in [2.24, 2.45) is 7.05 Å². The van der Waals surface area contributed by atoms with Crippen LogP contribution in [-0.4, -0.2) is 33.5 Å². The van der Waals surface area contributed by atoms with E-state index in [-0.39, 0.29) is 18.3 Å². The molecule has 2 aromatic carbocycles. The molecule has 0 fully saturated rings. The Hall–Kier alpha value is -2.71. The highest BCUT2D eigenvalue weighted by Crippen LogP contribution is 2.22. The van der Waals surface area contributed by atoms with Crippen molar-refractivity contribution in [1.82, 2.24) is 14.8 Å². The summed E-state index contributed by atoms with van der Waals surface area (Å²) in [6.07, 6.45) is 0. The molecule has 1 N–H and O–H groups in total. The van der Waals surface area contributed by atoms with Gasteiger partial charge in [-0.2, -0.15) is 0 Å². The van der Waals surface area contributed by atoms with Gasteiger partial charge in [0, 0.05) is 17.8 Å². The number of anilines is 1. The molecule has 1 amide bonds. The molecule has 0 aliphatic rings. The largest absolute Gasteiger partial charge is 0.497 e. The van der Waals surface area contributed by atoms with Crippen LogP contribution in [0, 0.1) is 6.92 Å². The molecule has 0 radical (unpaired) electrons. The molecule has 0 aliphatic carbocycles. The van der Waals surface area contributed by atoms with Gasteiger partial charge in [0.2, 0.25) is 5.91 Å². The SMILES string of the molecule is COc1ccc(OCc2nnc(SCC(=O)Nc3ccc(Cl)cc3C)n2C)cc1. The van der Waals surface area contributed by atoms with Crippen molar-refractivity contribution >= 4 is 35.0 Å². The van der Waals surface area contributed by atoms with Crippen LogP contribution >= 0.6 is 23.4 Å². The van der Waals surface area contributed by atoms with Crippen molar-refractivity contribution in [3.63, 3.8) is 0 Å². The number of amides is 1. The first-order valence-electron chi connectivity index (χ1n) is 8.80. The van der Waals surface area contributed by atoms with Crippen LogP contribution < -0.4 is 14.8 Å². The van der Waals surface area contributed by atoms with E-state index in [0.29, 0.717) is 21.8 Å². The van der Waals surface area contributed by atoms with E-state index >= 15 is 0 Å². The molecule has 9 heteroatoms. The Morgan fingerprint density at radius 1 is 1.17 bits per heavy atom. The van der Waals surface area contributed by atoms with Crippen LogP contribution in [0.15, 0.2) is 47.6 Å². The number of carbonyl (C=O) groups is 1. The van der Waals surface area contributed by atoms with Crippen LogP contribution in [0.4, 0.5) is 5.69 Å². The lowest BCUT2D eigenvalue weighted by atomic mass is 10.2. The molecule has 0 bridgehead atoms. The van der Waals surface area contributed by atoms with E-state index in [4.69, 9.17) is 21.1 Å². The molecular formula is C20H21ClN4O3S. The second-order valence-electron chi connectivity index (χ2n) is 6.22. The average Bonchev–Trinajstić information content (AvgIpc) is 3.07. The number of carbonyl (C=O) groups excluding carboxylic acids is 1. The lowest BCUT2D eigenvalue weighted by molar-refractivity contribution is -0.113. The molecule has 1 heterocycles. The number of aryl methyl sites for hydroxylation is 1. The summed E-state index contributed by atoms with van der Waals surface area (Å²) >= 11 is 7.25. The fourth-order valence-corrected chi connectivity index (χ4v) is 3.46. The molecule has 0 spiro atoms. The normalized spacial score (nSPS) is 10.6. The van der Waals surface area contributed by atoms with Crippen molar-refractivity contribution in [3.05, 3.63) is 58.9 Å². The maximum absolute atomic E-state index is 12.2. The monoisotopic (exact) mass is 432 g/mol. The van der Waals surface area contributed by atoms with Gasteiger partial charge in [-0.3, -0.25) is 4.79 Å². The molecule has 3 rings (SSSR count). The summed E-state index contributed by atoms with van der Waals surface area (Å²) in [5.41, 5.74) is 1.65. The number of aromatic nitrogens is 3. The van der Waals surface area contributed by atoms with Gasteiger partial charge in [-0.15, -0.1) is 10.2 Å². The standard InChI is InChI=1S/C20H21ClN4O3S/c1-13-10-14(21)4-9-17(13)22-19(26)12-29-20-24-23-18(25(20)2)11-28-16-7-5-15(27-3)6-8-16/h4-10H,11-12H2,1-3H3,(H,22,26). The molecule has 3 aromatic rings. The first-order chi connectivity index (χ1) is 14.0. The third-order valence-corrected chi connectivity index (χ3v) is 5.40. The van der Waals surface area contributed by atoms with Gasteiger partial charge in [0.05, 0.1) is 12.9 Å². The van der Waals surface area contributed by atoms with E-state index in [2.05, 4.69) is 15.5 Å². The number of hydrogen-bond acceptors (Lipinski definition) is 6. The van der Waals surface area contributed by atoms with E-state index < -0.39 is 0 Å². The number of nitrogens with zero attached hydrogens (tertiary/aromatic N) is 3. The Morgan fingerprint density at radius 2 is 1.90 bits per heavy atom. The maximum Gasteiger partial charge on any atom is 0.234 e. The highest BCUT2D eigenvalue weighted by Gasteiger charge is 2.13. The van der Waals surface area contributed by atoms with E-state index in [0.717, 1.165) is 17.0 Å². The average molecular weight is 433 g/mol. The Bertz CT molecular complexity index is 992. The van der Waals surface area contributed by atoms with Crippen LogP contribution in [0.25, 0.3) is 0 Å². The van der Waals surface area contributed by atoms with Gasteiger partial charge < -0.3 is 19.4 Å². The van der Waals surface area contributed by atoms with E-state index in [1.54, 1.807) is 19.2 Å². The van der Waals surface area contributed by atoms with Gasteiger partial charge in [0.25, 0.3) is 0 Å². The second kappa shape index (κ2) is 9.67. The Balaban J connectivity index is 1.52. The van der Waals surface area contributed by atoms with Gasteiger partial charge in [0.1, 0.15) is 18.1 Å². The highest BCUT2D eigenvalue weighted by atomic mass is 35.5. The third-order valence-electron chi connectivity index (χ3n) is 4.15. The summed E-state index contributed by atoms with van der Waals surface area (Å²) in [6, 6.07) is 12.7. The summed E-state index contributed by atoms with van der Waals surface area (Å²) in [7, 11) is 3.46. The highest BCUT2D eigenvalue weighted by molar-refractivity contribution is 7.99. The zero-order chi connectivity index (χ0) is 20.8. The summed E-state index contributed by atoms with van der Waals surface area (Å²) < 4.78 is 12.7. The van der Waals surface area contributed by atoms with E-state index in [1.165, 1.54) is 11.8 Å². The van der Waals surface area contributed by atoms with E-state index in [9.17, 15) is 4.79 Å². The molecule has 0 atom stereocenters. The smallest absolute Gasteiger partial charge is 0.234 e. The van der Waals surface area contributed by atoms with Crippen LogP contribution in [-0.2, 0) is 18.4 Å². The lowest BCUT2D eigenvalue weighted by Crippen LogP contribution is -2.15. The van der Waals surface area contributed by atoms with Gasteiger partial charge in [-0.1, -0.05) is 23.4 Å². The summed E-state index contributed by atoms with van der Waals surface area (Å²) in [5.74, 6) is 2.23. The number of thioether (sulfide) groups is 1. The fraction of sp³-hybridized carbons (Fsp3) is 0.250. The Labute approximate surface area is 178 Å². The summed E-state index contributed by atoms with van der Waals surface area (Å²) in [5, 5.41) is 12.4. The number of ether oxygens (including phenoxy) is 2. The number of halogens is 1. The van der Waals surface area contributed by atoms with Gasteiger partial charge in [-0.25, -0.2) is 0 Å². The molecule has 0 saturated heterocycles. The van der Waals surface area contributed by atoms with E-state index in [1.807, 2.05) is 48.9 Å². The minimum absolute atomic E-state index is 0.126. The molecule has 0 unspecified atom stereocenters. The summed E-state index contributed by atoms with van der Waals surface area (Å²) in [4.78, 5) is 12.2. The Morgan fingerprint density at radius 3 is 2.59 bits per heavy atom. The van der Waals surface area contributed by atoms with Crippen molar-refractivity contribution < 1.29 is 14.3 Å². The summed E-state index contributed by atoms with van der Waals surface area (Å²) in [6.45, 7) is 2.17. The van der Waals surface area contributed by atoms with Crippen LogP contribution in [0.1, 0.15) is 11.4 Å².